The van der Waals surface area contributed by atoms with Crippen LogP contribution in [0.5, 0.6) is 5.75 Å². The van der Waals surface area contributed by atoms with Gasteiger partial charge in [0, 0.05) is 17.7 Å². The molecule has 88 valence electrons. The Morgan fingerprint density at radius 3 is 2.56 bits per heavy atom. The molecule has 0 bridgehead atoms. The highest BCUT2D eigenvalue weighted by Gasteiger charge is 2.26. The molecule has 2 N–H and O–H groups in total. The van der Waals surface area contributed by atoms with Crippen molar-refractivity contribution >= 4 is 0 Å². The average Bonchev–Trinajstić information content (AvgIpc) is 2.28. The number of phenols is 1. The molecule has 0 spiro atoms. The molecule has 5 heteroatoms. The highest BCUT2D eigenvalue weighted by Crippen LogP contribution is 2.32. The van der Waals surface area contributed by atoms with Crippen molar-refractivity contribution in [2.45, 2.75) is 25.3 Å². The molecule has 1 atom stereocenters. The van der Waals surface area contributed by atoms with E-state index >= 15 is 0 Å². The molecular formula is C11H12F3NO. The Labute approximate surface area is 91.1 Å². The molecule has 1 aliphatic rings. The van der Waals surface area contributed by atoms with Crippen molar-refractivity contribution in [1.29, 1.82) is 0 Å². The Kier molecular flexibility index (Phi) is 3.05. The highest BCUT2D eigenvalue weighted by molar-refractivity contribution is 5.34. The molecule has 2 nitrogen and oxygen atoms in total. The van der Waals surface area contributed by atoms with Crippen LogP contribution in [0.3, 0.4) is 0 Å². The van der Waals surface area contributed by atoms with Gasteiger partial charge in [0.25, 0.3) is 0 Å². The number of benzene rings is 1. The van der Waals surface area contributed by atoms with Crippen molar-refractivity contribution in [3.8, 4) is 5.75 Å². The van der Waals surface area contributed by atoms with Crippen LogP contribution >= 0.6 is 0 Å². The number of piperidine rings is 1. The summed E-state index contributed by atoms with van der Waals surface area (Å²) >= 11 is 0. The molecule has 1 fully saturated rings. The smallest absolute Gasteiger partial charge is 0.172 e. The van der Waals surface area contributed by atoms with E-state index < -0.39 is 34.8 Å². The van der Waals surface area contributed by atoms with Gasteiger partial charge in [0.2, 0.25) is 0 Å². The summed E-state index contributed by atoms with van der Waals surface area (Å²) in [6, 6.07) is -0.105. The van der Waals surface area contributed by atoms with Crippen LogP contribution in [0.4, 0.5) is 13.2 Å². The third-order valence-electron chi connectivity index (χ3n) is 2.83. The van der Waals surface area contributed by atoms with Gasteiger partial charge < -0.3 is 10.4 Å². The van der Waals surface area contributed by atoms with Crippen molar-refractivity contribution in [3.05, 3.63) is 29.1 Å². The summed E-state index contributed by atoms with van der Waals surface area (Å²) in [7, 11) is 0. The van der Waals surface area contributed by atoms with Crippen molar-refractivity contribution in [1.82, 2.24) is 5.32 Å². The van der Waals surface area contributed by atoms with Crippen LogP contribution in [0.1, 0.15) is 30.9 Å². The molecule has 1 aliphatic heterocycles. The zero-order valence-corrected chi connectivity index (χ0v) is 8.56. The minimum atomic E-state index is -1.22. The number of nitrogens with one attached hydrogen (secondary N) is 1. The number of phenolic OH excluding ortho intramolecular Hbond substituents is 1. The second-order valence-corrected chi connectivity index (χ2v) is 3.92. The minimum absolute atomic E-state index is 0.391. The molecule has 0 amide bonds. The fourth-order valence-electron chi connectivity index (χ4n) is 2.01. The van der Waals surface area contributed by atoms with Crippen LogP contribution in [0.2, 0.25) is 0 Å². The number of hydrogen-bond donors (Lipinski definition) is 2. The summed E-state index contributed by atoms with van der Waals surface area (Å²) in [4.78, 5) is 0. The maximum Gasteiger partial charge on any atom is 0.172 e. The van der Waals surface area contributed by atoms with Gasteiger partial charge in [-0.15, -0.1) is 0 Å². The third-order valence-corrected chi connectivity index (χ3v) is 2.83. The Hall–Kier alpha value is -1.23. The largest absolute Gasteiger partial charge is 0.505 e. The van der Waals surface area contributed by atoms with Gasteiger partial charge in [-0.25, -0.2) is 13.2 Å². The molecule has 1 saturated heterocycles. The van der Waals surface area contributed by atoms with Crippen LogP contribution < -0.4 is 5.32 Å². The van der Waals surface area contributed by atoms with Gasteiger partial charge in [-0.05, 0) is 19.4 Å². The second kappa shape index (κ2) is 4.33. The first-order chi connectivity index (χ1) is 7.61. The first-order valence-electron chi connectivity index (χ1n) is 5.21. The topological polar surface area (TPSA) is 32.3 Å². The Morgan fingerprint density at radius 1 is 1.19 bits per heavy atom. The van der Waals surface area contributed by atoms with Crippen molar-refractivity contribution < 1.29 is 18.3 Å². The SMILES string of the molecule is Oc1cc(F)c(F)c(C2CCCCN2)c1F. The molecule has 0 aliphatic carbocycles. The maximum absolute atomic E-state index is 13.5. The van der Waals surface area contributed by atoms with Gasteiger partial charge >= 0.3 is 0 Å². The quantitative estimate of drug-likeness (QED) is 0.728. The molecule has 1 aromatic carbocycles. The molecule has 0 saturated carbocycles. The summed E-state index contributed by atoms with van der Waals surface area (Å²) in [6.07, 6.45) is 2.30. The molecule has 1 unspecified atom stereocenters. The Morgan fingerprint density at radius 2 is 1.94 bits per heavy atom. The van der Waals surface area contributed by atoms with E-state index in [1.54, 1.807) is 0 Å². The van der Waals surface area contributed by atoms with Gasteiger partial charge in [-0.3, -0.25) is 0 Å². The number of aromatic hydroxyl groups is 1. The van der Waals surface area contributed by atoms with Crippen molar-refractivity contribution in [2.75, 3.05) is 6.54 Å². The van der Waals surface area contributed by atoms with E-state index in [-0.39, 0.29) is 0 Å². The molecule has 1 aromatic rings. The van der Waals surface area contributed by atoms with Gasteiger partial charge in [0.05, 0.1) is 0 Å². The van der Waals surface area contributed by atoms with Crippen molar-refractivity contribution in [2.24, 2.45) is 0 Å². The Balaban J connectivity index is 2.45. The van der Waals surface area contributed by atoms with Crippen LogP contribution in [-0.4, -0.2) is 11.7 Å². The molecule has 0 radical (unpaired) electrons. The minimum Gasteiger partial charge on any atom is -0.505 e. The summed E-state index contributed by atoms with van der Waals surface area (Å²) in [5.41, 5.74) is -0.391. The van der Waals surface area contributed by atoms with E-state index in [9.17, 15) is 13.2 Å². The van der Waals surface area contributed by atoms with Crippen LogP contribution in [0.15, 0.2) is 6.07 Å². The normalized spacial score (nSPS) is 21.1. The zero-order valence-electron chi connectivity index (χ0n) is 8.56. The van der Waals surface area contributed by atoms with Crippen LogP contribution in [-0.2, 0) is 0 Å². The lowest BCUT2D eigenvalue weighted by Gasteiger charge is -2.24. The van der Waals surface area contributed by atoms with E-state index in [2.05, 4.69) is 5.32 Å². The molecular weight excluding hydrogens is 219 g/mol. The van der Waals surface area contributed by atoms with E-state index in [1.165, 1.54) is 0 Å². The third kappa shape index (κ3) is 1.87. The van der Waals surface area contributed by atoms with E-state index in [1.807, 2.05) is 0 Å². The zero-order chi connectivity index (χ0) is 11.7. The lowest BCUT2D eigenvalue weighted by atomic mass is 9.96. The summed E-state index contributed by atoms with van der Waals surface area (Å²) in [5, 5.41) is 12.0. The molecule has 1 heterocycles. The summed E-state index contributed by atoms with van der Waals surface area (Å²) in [5.74, 6) is -4.35. The average molecular weight is 231 g/mol. The predicted molar refractivity (Wildman–Crippen MR) is 52.6 cm³/mol. The van der Waals surface area contributed by atoms with Gasteiger partial charge in [-0.1, -0.05) is 6.42 Å². The fourth-order valence-corrected chi connectivity index (χ4v) is 2.01. The summed E-state index contributed by atoms with van der Waals surface area (Å²) in [6.45, 7) is 0.640. The lowest BCUT2D eigenvalue weighted by molar-refractivity contribution is 0.357. The number of rotatable bonds is 1. The summed E-state index contributed by atoms with van der Waals surface area (Å²) < 4.78 is 40.0. The standard InChI is InChI=1S/C11H12F3NO/c12-6-5-8(16)11(14)9(10(6)13)7-3-1-2-4-15-7/h5,7,15-16H,1-4H2. The van der Waals surface area contributed by atoms with Crippen molar-refractivity contribution in [3.63, 3.8) is 0 Å². The van der Waals surface area contributed by atoms with Gasteiger partial charge in [0.1, 0.15) is 0 Å². The van der Waals surface area contributed by atoms with Gasteiger partial charge in [0.15, 0.2) is 23.2 Å². The molecule has 16 heavy (non-hydrogen) atoms. The maximum atomic E-state index is 13.5. The van der Waals surface area contributed by atoms with Crippen LogP contribution in [0, 0.1) is 17.5 Å². The molecule has 0 aromatic heterocycles. The van der Waals surface area contributed by atoms with E-state index in [4.69, 9.17) is 5.11 Å². The highest BCUT2D eigenvalue weighted by atomic mass is 19.2. The monoisotopic (exact) mass is 231 g/mol. The predicted octanol–water partition coefficient (Wildman–Crippen LogP) is 2.62. The van der Waals surface area contributed by atoms with Crippen LogP contribution in [0.25, 0.3) is 0 Å². The lowest BCUT2D eigenvalue weighted by Crippen LogP contribution is -2.28. The fraction of sp³-hybridized carbons (Fsp3) is 0.455. The first kappa shape index (κ1) is 11.3. The Bertz CT molecular complexity index is 376. The number of halogens is 3. The van der Waals surface area contributed by atoms with Gasteiger partial charge in [-0.2, -0.15) is 0 Å². The van der Waals surface area contributed by atoms with E-state index in [0.717, 1.165) is 12.8 Å². The number of hydrogen-bond acceptors (Lipinski definition) is 2. The second-order valence-electron chi connectivity index (χ2n) is 3.92. The van der Waals surface area contributed by atoms with E-state index in [0.29, 0.717) is 19.0 Å². The first-order valence-corrected chi connectivity index (χ1v) is 5.21. The molecule has 2 rings (SSSR count).